The summed E-state index contributed by atoms with van der Waals surface area (Å²) < 4.78 is 0. The lowest BCUT2D eigenvalue weighted by molar-refractivity contribution is -0.142. The molecule has 0 fully saturated rings. The SMILES string of the molecule is C[C@H](NC(=O)[C@H](CC(=O)O)NC(=O)[C@@H](N)CS)C(=O)N[C@@H](CO)C(=O)N[C@H](C(=O)N[C@@H](Cc1cnc[nH]1)C(=O)N[C@@H](CC(N)=O)C(=O)N[C@@H](CCCCN)C(=O)N[C@@H](CS)C(=O)O)[C@@H](C)O. The predicted octanol–water partition coefficient (Wildman–Crippen LogP) is -8.03. The molecule has 30 heteroatoms. The van der Waals surface area contributed by atoms with E-state index in [0.29, 0.717) is 6.42 Å². The first kappa shape index (κ1) is 57.9. The minimum atomic E-state index is -1.91. The number of nitrogens with two attached hydrogens (primary N) is 3. The Morgan fingerprint density at radius 2 is 1.18 bits per heavy atom. The molecule has 0 aromatic carbocycles. The molecule has 0 saturated heterocycles. The Kier molecular flexibility index (Phi) is 25.9. The van der Waals surface area contributed by atoms with E-state index in [1.54, 1.807) is 0 Å². The van der Waals surface area contributed by atoms with Gasteiger partial charge in [-0.15, -0.1) is 0 Å². The van der Waals surface area contributed by atoms with E-state index in [4.69, 9.17) is 17.2 Å². The van der Waals surface area contributed by atoms with E-state index in [9.17, 15) is 73.2 Å². The molecule has 0 aliphatic carbocycles. The normalized spacial score (nSPS) is 15.5. The number of aliphatic hydroxyl groups excluding tert-OH is 2. The summed E-state index contributed by atoms with van der Waals surface area (Å²) in [6, 6.07) is -14.5. The van der Waals surface area contributed by atoms with Crippen molar-refractivity contribution in [2.45, 2.75) is 113 Å². The second kappa shape index (κ2) is 29.5. The van der Waals surface area contributed by atoms with Crippen LogP contribution in [0, 0.1) is 0 Å². The van der Waals surface area contributed by atoms with Crippen LogP contribution in [0.15, 0.2) is 12.5 Å². The van der Waals surface area contributed by atoms with Crippen LogP contribution in [0.4, 0.5) is 0 Å². The summed E-state index contributed by atoms with van der Waals surface area (Å²) in [6.07, 6.45) is -0.704. The molecule has 0 unspecified atom stereocenters. The lowest BCUT2D eigenvalue weighted by atomic mass is 10.0. The monoisotopic (exact) mass is 977 g/mol. The number of carbonyl (C=O) groups excluding carboxylic acids is 9. The number of H-pyrrole nitrogens is 1. The molecular formula is C36H59N13O15S2. The van der Waals surface area contributed by atoms with E-state index in [2.05, 4.69) is 77.8 Å². The van der Waals surface area contributed by atoms with Crippen LogP contribution in [0.25, 0.3) is 0 Å². The standard InChI is InChI=1S/C36H59N13O15S2/c1-15(42-31(58)22(9-26(53)54)44-29(56)18(38)12-65)28(55)47-23(11-50)34(61)49-27(16(2)51)35(62)46-20(7-17-10-40-14-41-17)32(59)45-21(8-25(39)52)33(60)43-19(5-3-4-6-37)30(57)48-24(13-66)36(63)64/h10,14-16,18-24,27,50-51,65-66H,3-9,11-13,37-38H2,1-2H3,(H2,39,52)(H,40,41)(H,42,58)(H,43,60)(H,44,56)(H,45,59)(H,46,62)(H,47,55)(H,48,57)(H,49,61)(H,53,54)(H,63,64)/t15-,16+,18-,19-,20-,21-,22-,23-,24-,27-/m0/s1. The second-order valence-electron chi connectivity index (χ2n) is 14.7. The first-order valence-electron chi connectivity index (χ1n) is 20.1. The second-order valence-corrected chi connectivity index (χ2v) is 15.4. The Balaban J connectivity index is 3.29. The minimum absolute atomic E-state index is 0.0463. The molecule has 0 aliphatic rings. The van der Waals surface area contributed by atoms with Gasteiger partial charge in [-0.2, -0.15) is 25.3 Å². The summed E-state index contributed by atoms with van der Waals surface area (Å²) in [5.74, 6) is -13.2. The molecular weight excluding hydrogens is 919 g/mol. The van der Waals surface area contributed by atoms with Crippen molar-refractivity contribution in [1.82, 2.24) is 52.5 Å². The molecule has 9 amide bonds. The highest BCUT2D eigenvalue weighted by Gasteiger charge is 2.36. The topological polar surface area (TPSA) is 472 Å². The number of amides is 9. The van der Waals surface area contributed by atoms with Crippen molar-refractivity contribution < 1.29 is 73.2 Å². The summed E-state index contributed by atoms with van der Waals surface area (Å²) in [5, 5.41) is 56.9. The van der Waals surface area contributed by atoms with Crippen LogP contribution < -0.4 is 59.7 Å². The maximum absolute atomic E-state index is 13.8. The third-order valence-electron chi connectivity index (χ3n) is 9.20. The van der Waals surface area contributed by atoms with Gasteiger partial charge in [-0.1, -0.05) is 0 Å². The number of aromatic amines is 1. The number of nitrogens with one attached hydrogen (secondary N) is 9. The van der Waals surface area contributed by atoms with E-state index < -0.39 is 145 Å². The Bertz CT molecular complexity index is 1860. The third-order valence-corrected chi connectivity index (χ3v) is 9.96. The summed E-state index contributed by atoms with van der Waals surface area (Å²) >= 11 is 7.78. The van der Waals surface area contributed by atoms with Crippen molar-refractivity contribution >= 4 is 90.4 Å². The molecule has 0 saturated carbocycles. The Morgan fingerprint density at radius 1 is 0.667 bits per heavy atom. The fraction of sp³-hybridized carbons (Fsp3) is 0.611. The van der Waals surface area contributed by atoms with Gasteiger partial charge in [-0.05, 0) is 39.7 Å². The fourth-order valence-electron chi connectivity index (χ4n) is 5.54. The number of aliphatic hydroxyl groups is 2. The van der Waals surface area contributed by atoms with Gasteiger partial charge in [-0.3, -0.25) is 47.9 Å². The number of aromatic nitrogens is 2. The van der Waals surface area contributed by atoms with Crippen LogP contribution >= 0.6 is 25.3 Å². The van der Waals surface area contributed by atoms with Crippen LogP contribution in [0.2, 0.25) is 0 Å². The van der Waals surface area contributed by atoms with Crippen LogP contribution in [0.3, 0.4) is 0 Å². The number of primary amides is 1. The van der Waals surface area contributed by atoms with Gasteiger partial charge in [0.25, 0.3) is 0 Å². The molecule has 1 aromatic rings. The molecule has 1 rings (SSSR count). The highest BCUT2D eigenvalue weighted by molar-refractivity contribution is 7.80. The van der Waals surface area contributed by atoms with Gasteiger partial charge in [0.05, 0.1) is 37.9 Å². The Morgan fingerprint density at radius 3 is 1.70 bits per heavy atom. The smallest absolute Gasteiger partial charge is 0.327 e. The van der Waals surface area contributed by atoms with Crippen LogP contribution in [0.5, 0.6) is 0 Å². The molecule has 370 valence electrons. The van der Waals surface area contributed by atoms with E-state index in [1.807, 2.05) is 0 Å². The summed E-state index contributed by atoms with van der Waals surface area (Å²) in [4.78, 5) is 147. The number of carboxylic acid groups (broad SMARTS) is 2. The number of hydrogen-bond donors (Lipinski definition) is 18. The zero-order valence-electron chi connectivity index (χ0n) is 35.9. The van der Waals surface area contributed by atoms with Crippen molar-refractivity contribution in [3.63, 3.8) is 0 Å². The van der Waals surface area contributed by atoms with E-state index >= 15 is 0 Å². The van der Waals surface area contributed by atoms with Crippen molar-refractivity contribution in [2.24, 2.45) is 17.2 Å². The molecule has 0 radical (unpaired) electrons. The van der Waals surface area contributed by atoms with E-state index in [0.717, 1.165) is 13.8 Å². The lowest BCUT2D eigenvalue weighted by Crippen LogP contribution is -2.62. The minimum Gasteiger partial charge on any atom is -0.481 e. The molecule has 10 atom stereocenters. The summed E-state index contributed by atoms with van der Waals surface area (Å²) in [6.45, 7) is 1.30. The van der Waals surface area contributed by atoms with Gasteiger partial charge in [0.2, 0.25) is 53.2 Å². The average Bonchev–Trinajstić information content (AvgIpc) is 3.77. The van der Waals surface area contributed by atoms with Crippen molar-refractivity contribution in [3.8, 4) is 0 Å². The number of unbranched alkanes of at least 4 members (excludes halogenated alkanes) is 1. The van der Waals surface area contributed by atoms with Crippen molar-refractivity contribution in [3.05, 3.63) is 18.2 Å². The molecule has 0 spiro atoms. The number of carbonyl (C=O) groups is 11. The molecule has 28 nitrogen and oxygen atoms in total. The van der Waals surface area contributed by atoms with Crippen LogP contribution in [0.1, 0.15) is 51.6 Å². The molecule has 1 heterocycles. The number of rotatable bonds is 31. The Labute approximate surface area is 388 Å². The van der Waals surface area contributed by atoms with Crippen molar-refractivity contribution in [2.75, 3.05) is 24.7 Å². The van der Waals surface area contributed by atoms with Gasteiger partial charge in [0.1, 0.15) is 48.3 Å². The van der Waals surface area contributed by atoms with Gasteiger partial charge in [0, 0.05) is 29.8 Å². The van der Waals surface area contributed by atoms with E-state index in [-0.39, 0.29) is 43.0 Å². The van der Waals surface area contributed by atoms with Gasteiger partial charge >= 0.3 is 11.9 Å². The van der Waals surface area contributed by atoms with E-state index in [1.165, 1.54) is 12.5 Å². The summed E-state index contributed by atoms with van der Waals surface area (Å²) in [7, 11) is 0. The Hall–Kier alpha value is -6.08. The number of imidazole rings is 1. The maximum atomic E-state index is 13.8. The largest absolute Gasteiger partial charge is 0.481 e. The highest BCUT2D eigenvalue weighted by atomic mass is 32.1. The van der Waals surface area contributed by atoms with Gasteiger partial charge in [0.15, 0.2) is 0 Å². The van der Waals surface area contributed by atoms with Crippen LogP contribution in [-0.2, 0) is 59.2 Å². The fourth-order valence-corrected chi connectivity index (χ4v) is 5.95. The quantitative estimate of drug-likeness (QED) is 0.0243. The molecule has 1 aromatic heterocycles. The predicted molar refractivity (Wildman–Crippen MR) is 234 cm³/mol. The summed E-state index contributed by atoms with van der Waals surface area (Å²) in [5.41, 5.74) is 16.7. The molecule has 0 aliphatic heterocycles. The molecule has 19 N–H and O–H groups in total. The van der Waals surface area contributed by atoms with Crippen LogP contribution in [-0.4, -0.2) is 181 Å². The van der Waals surface area contributed by atoms with Gasteiger partial charge in [-0.25, -0.2) is 9.78 Å². The first-order chi connectivity index (χ1) is 31.0. The third kappa shape index (κ3) is 20.4. The van der Waals surface area contributed by atoms with Crippen molar-refractivity contribution in [1.29, 1.82) is 0 Å². The number of carboxylic acids is 2. The number of nitrogens with zero attached hydrogens (tertiary/aromatic N) is 1. The maximum Gasteiger partial charge on any atom is 0.327 e. The average molecular weight is 978 g/mol. The highest BCUT2D eigenvalue weighted by Crippen LogP contribution is 2.07. The lowest BCUT2D eigenvalue weighted by Gasteiger charge is -2.28. The number of aliphatic carboxylic acids is 2. The van der Waals surface area contributed by atoms with Gasteiger partial charge < -0.3 is 85.1 Å². The first-order valence-corrected chi connectivity index (χ1v) is 21.4. The zero-order chi connectivity index (χ0) is 50.3. The molecule has 66 heavy (non-hydrogen) atoms. The number of hydrogen-bond acceptors (Lipinski definition) is 18. The molecule has 0 bridgehead atoms. The number of thiol groups is 2. The zero-order valence-corrected chi connectivity index (χ0v) is 37.6.